The van der Waals surface area contributed by atoms with Gasteiger partial charge in [-0.25, -0.2) is 0 Å². The summed E-state index contributed by atoms with van der Waals surface area (Å²) in [6.45, 7) is -0.0375. The number of aromatic nitrogens is 2. The molecule has 3 aromatic rings. The molecule has 1 saturated heterocycles. The maximum absolute atomic E-state index is 12.0. The van der Waals surface area contributed by atoms with Gasteiger partial charge in [0, 0.05) is 36.9 Å². The monoisotopic (exact) mass is 509 g/mol. The van der Waals surface area contributed by atoms with Crippen LogP contribution in [0.25, 0.3) is 0 Å². The first kappa shape index (κ1) is 23.8. The van der Waals surface area contributed by atoms with Crippen molar-refractivity contribution in [3.05, 3.63) is 77.3 Å². The van der Waals surface area contributed by atoms with E-state index in [4.69, 9.17) is 28.6 Å². The van der Waals surface area contributed by atoms with E-state index in [-0.39, 0.29) is 24.6 Å². The Hall–Kier alpha value is -2.94. The Kier molecular flexibility index (Phi) is 7.04. The first-order chi connectivity index (χ1) is 17.1. The molecule has 1 aromatic carbocycles. The predicted octanol–water partition coefficient (Wildman–Crippen LogP) is 5.41. The molecule has 0 unspecified atom stereocenters. The third-order valence-corrected chi connectivity index (χ3v) is 7.34. The first-order valence-corrected chi connectivity index (χ1v) is 12.6. The van der Waals surface area contributed by atoms with Crippen LogP contribution < -0.4 is 15.5 Å². The van der Waals surface area contributed by atoms with Crippen LogP contribution in [-0.4, -0.2) is 34.3 Å². The molecule has 182 valence electrons. The highest BCUT2D eigenvalue weighted by Crippen LogP contribution is 2.44. The van der Waals surface area contributed by atoms with Crippen molar-refractivity contribution in [1.29, 1.82) is 0 Å². The summed E-state index contributed by atoms with van der Waals surface area (Å²) < 4.78 is 7.31. The standard InChI is InChI=1S/C26H28ClN5O2S/c1-34-16-23(33)29-20-12-11-18(15-19(20)27)32-25(22-10-6-14-31(22)17-7-2-3-8-17)24(30-26(32)35)21-9-4-5-13-28-21/h4-6,9-15,17,24-25H,2-3,7-8,16H2,1H3,(H,29,33)(H,30,35)/t24-,25-/m1/s1. The molecule has 3 heterocycles. The Balaban J connectivity index is 1.54. The number of nitrogens with zero attached hydrogens (tertiary/aromatic N) is 3. The summed E-state index contributed by atoms with van der Waals surface area (Å²) >= 11 is 12.5. The van der Waals surface area contributed by atoms with Crippen molar-refractivity contribution < 1.29 is 9.53 Å². The van der Waals surface area contributed by atoms with Gasteiger partial charge in [0.1, 0.15) is 12.6 Å². The number of halogens is 1. The van der Waals surface area contributed by atoms with Crippen molar-refractivity contribution in [2.24, 2.45) is 0 Å². The topological polar surface area (TPSA) is 71.4 Å². The molecular weight excluding hydrogens is 482 g/mol. The Morgan fingerprint density at radius 2 is 2.06 bits per heavy atom. The lowest BCUT2D eigenvalue weighted by molar-refractivity contribution is -0.119. The van der Waals surface area contributed by atoms with Crippen LogP contribution in [0, 0.1) is 0 Å². The number of rotatable bonds is 7. The lowest BCUT2D eigenvalue weighted by atomic mass is 10.00. The summed E-state index contributed by atoms with van der Waals surface area (Å²) in [7, 11) is 1.48. The van der Waals surface area contributed by atoms with Crippen LogP contribution in [0.15, 0.2) is 60.9 Å². The molecule has 1 saturated carbocycles. The molecule has 2 atom stereocenters. The smallest absolute Gasteiger partial charge is 0.250 e. The number of hydrogen-bond acceptors (Lipinski definition) is 4. The van der Waals surface area contributed by atoms with Gasteiger partial charge in [-0.1, -0.05) is 30.5 Å². The number of amides is 1. The first-order valence-electron chi connectivity index (χ1n) is 11.8. The lowest BCUT2D eigenvalue weighted by Crippen LogP contribution is -2.30. The number of nitrogens with one attached hydrogen (secondary N) is 2. The van der Waals surface area contributed by atoms with Crippen molar-refractivity contribution in [2.45, 2.75) is 43.8 Å². The zero-order valence-electron chi connectivity index (χ0n) is 19.5. The van der Waals surface area contributed by atoms with Gasteiger partial charge in [0.15, 0.2) is 5.11 Å². The summed E-state index contributed by atoms with van der Waals surface area (Å²) in [6, 6.07) is 16.1. The molecule has 1 amide bonds. The molecule has 1 aliphatic carbocycles. The average molecular weight is 510 g/mol. The molecular formula is C26H28ClN5O2S. The van der Waals surface area contributed by atoms with Crippen molar-refractivity contribution in [3.8, 4) is 0 Å². The molecule has 2 aliphatic rings. The second-order valence-electron chi connectivity index (χ2n) is 8.92. The highest BCUT2D eigenvalue weighted by atomic mass is 35.5. The minimum absolute atomic E-state index is 0.0375. The number of hydrogen-bond donors (Lipinski definition) is 2. The van der Waals surface area contributed by atoms with Crippen LogP contribution in [-0.2, 0) is 9.53 Å². The number of methoxy groups -OCH3 is 1. The molecule has 7 nitrogen and oxygen atoms in total. The number of ether oxygens (including phenoxy) is 1. The molecule has 2 fully saturated rings. The number of carbonyl (C=O) groups excluding carboxylic acids is 1. The molecule has 9 heteroatoms. The fourth-order valence-electron chi connectivity index (χ4n) is 5.18. The van der Waals surface area contributed by atoms with Crippen LogP contribution in [0.3, 0.4) is 0 Å². The van der Waals surface area contributed by atoms with Crippen molar-refractivity contribution in [1.82, 2.24) is 14.9 Å². The van der Waals surface area contributed by atoms with Crippen LogP contribution in [0.2, 0.25) is 5.02 Å². The Morgan fingerprint density at radius 3 is 2.77 bits per heavy atom. The number of benzene rings is 1. The van der Waals surface area contributed by atoms with Crippen molar-refractivity contribution >= 4 is 46.2 Å². The normalized spacial score (nSPS) is 20.3. The third-order valence-electron chi connectivity index (χ3n) is 6.71. The number of pyridine rings is 1. The molecule has 1 aliphatic heterocycles. The Labute approximate surface area is 215 Å². The van der Waals surface area contributed by atoms with Crippen molar-refractivity contribution in [3.63, 3.8) is 0 Å². The van der Waals surface area contributed by atoms with E-state index < -0.39 is 0 Å². The van der Waals surface area contributed by atoms with Crippen LogP contribution in [0.1, 0.15) is 55.2 Å². The summed E-state index contributed by atoms with van der Waals surface area (Å²) in [5.41, 5.74) is 3.49. The summed E-state index contributed by atoms with van der Waals surface area (Å²) in [5.74, 6) is -0.261. The van der Waals surface area contributed by atoms with Gasteiger partial charge >= 0.3 is 0 Å². The number of carbonyl (C=O) groups is 1. The van der Waals surface area contributed by atoms with Gasteiger partial charge in [-0.05, 0) is 67.5 Å². The average Bonchev–Trinajstić information content (AvgIpc) is 3.60. The molecule has 2 aromatic heterocycles. The second kappa shape index (κ2) is 10.4. The maximum atomic E-state index is 12.0. The summed E-state index contributed by atoms with van der Waals surface area (Å²) in [5, 5.41) is 7.33. The molecule has 35 heavy (non-hydrogen) atoms. The molecule has 0 bridgehead atoms. The van der Waals surface area contributed by atoms with E-state index in [0.717, 1.165) is 11.4 Å². The maximum Gasteiger partial charge on any atom is 0.250 e. The van der Waals surface area contributed by atoms with Gasteiger partial charge in [0.25, 0.3) is 0 Å². The minimum atomic E-state index is -0.261. The zero-order chi connectivity index (χ0) is 24.4. The fourth-order valence-corrected chi connectivity index (χ4v) is 5.75. The minimum Gasteiger partial charge on any atom is -0.375 e. The van der Waals surface area contributed by atoms with Crippen LogP contribution in [0.4, 0.5) is 11.4 Å². The van der Waals surface area contributed by atoms with E-state index in [1.807, 2.05) is 36.5 Å². The highest BCUT2D eigenvalue weighted by Gasteiger charge is 2.42. The van der Waals surface area contributed by atoms with E-state index in [9.17, 15) is 4.79 Å². The Morgan fingerprint density at radius 1 is 1.23 bits per heavy atom. The largest absolute Gasteiger partial charge is 0.375 e. The third kappa shape index (κ3) is 4.78. The van der Waals surface area contributed by atoms with Gasteiger partial charge in [0.2, 0.25) is 5.91 Å². The zero-order valence-corrected chi connectivity index (χ0v) is 21.1. The fraction of sp³-hybridized carbons (Fsp3) is 0.346. The van der Waals surface area contributed by atoms with E-state index >= 15 is 0 Å². The van der Waals surface area contributed by atoms with Gasteiger partial charge in [-0.2, -0.15) is 0 Å². The number of anilines is 2. The SMILES string of the molecule is COCC(=O)Nc1ccc(N2C(=S)N[C@H](c3ccccn3)[C@H]2c2cccn2C2CCCC2)cc1Cl. The van der Waals surface area contributed by atoms with E-state index in [0.29, 0.717) is 21.9 Å². The van der Waals surface area contributed by atoms with E-state index in [1.54, 1.807) is 6.07 Å². The summed E-state index contributed by atoms with van der Waals surface area (Å²) in [4.78, 5) is 18.7. The predicted molar refractivity (Wildman–Crippen MR) is 142 cm³/mol. The second-order valence-corrected chi connectivity index (χ2v) is 9.71. The van der Waals surface area contributed by atoms with Crippen molar-refractivity contribution in [2.75, 3.05) is 23.9 Å². The van der Waals surface area contributed by atoms with Gasteiger partial charge < -0.3 is 24.8 Å². The van der Waals surface area contributed by atoms with Gasteiger partial charge in [-0.3, -0.25) is 9.78 Å². The highest BCUT2D eigenvalue weighted by molar-refractivity contribution is 7.80. The molecule has 2 N–H and O–H groups in total. The quantitative estimate of drug-likeness (QED) is 0.415. The molecule has 0 spiro atoms. The number of thiocarbonyl (C=S) groups is 1. The van der Waals surface area contributed by atoms with Gasteiger partial charge in [0.05, 0.1) is 22.4 Å². The molecule has 5 rings (SSSR count). The van der Waals surface area contributed by atoms with E-state index in [2.05, 4.69) is 43.4 Å². The van der Waals surface area contributed by atoms with E-state index in [1.165, 1.54) is 38.5 Å². The van der Waals surface area contributed by atoms with Crippen LogP contribution in [0.5, 0.6) is 0 Å². The molecule has 0 radical (unpaired) electrons. The summed E-state index contributed by atoms with van der Waals surface area (Å²) in [6.07, 6.45) is 8.86. The lowest BCUT2D eigenvalue weighted by Gasteiger charge is -2.30. The van der Waals surface area contributed by atoms with Gasteiger partial charge in [-0.15, -0.1) is 0 Å². The Bertz CT molecular complexity index is 1210. The van der Waals surface area contributed by atoms with Crippen LogP contribution >= 0.6 is 23.8 Å².